The molecule has 0 aliphatic carbocycles. The first-order valence-electron chi connectivity index (χ1n) is 8.41. The van der Waals surface area contributed by atoms with Gasteiger partial charge in [0.05, 0.1) is 0 Å². The summed E-state index contributed by atoms with van der Waals surface area (Å²) in [5.41, 5.74) is 2.56. The van der Waals surface area contributed by atoms with Gasteiger partial charge in [-0.1, -0.05) is 34.1 Å². The first kappa shape index (κ1) is 18.0. The molecule has 0 aliphatic heterocycles. The molecule has 0 spiro atoms. The van der Waals surface area contributed by atoms with Crippen LogP contribution in [-0.4, -0.2) is 24.6 Å². The summed E-state index contributed by atoms with van der Waals surface area (Å²) in [6.07, 6.45) is 3.33. The zero-order chi connectivity index (χ0) is 15.8. The predicted molar refractivity (Wildman–Crippen MR) is 92.9 cm³/mol. The van der Waals surface area contributed by atoms with Crippen LogP contribution in [-0.2, 0) is 13.0 Å². The highest BCUT2D eigenvalue weighted by Crippen LogP contribution is 2.18. The molecule has 0 bridgehead atoms. The molecule has 1 atom stereocenters. The van der Waals surface area contributed by atoms with Gasteiger partial charge in [-0.25, -0.2) is 4.98 Å². The molecule has 120 valence electrons. The topological polar surface area (TPSA) is 28.2 Å². The van der Waals surface area contributed by atoms with E-state index in [-0.39, 0.29) is 0 Å². The smallest absolute Gasteiger partial charge is 0.129 e. The largest absolute Gasteiger partial charge is 0.357 e. The molecule has 1 heterocycles. The number of aromatic nitrogens is 1. The molecule has 1 N–H and O–H groups in total. The fraction of sp³-hybridized carbons (Fsp3) is 0.722. The fourth-order valence-electron chi connectivity index (χ4n) is 2.30. The van der Waals surface area contributed by atoms with Crippen LogP contribution >= 0.6 is 0 Å². The van der Waals surface area contributed by atoms with Gasteiger partial charge in [0.2, 0.25) is 0 Å². The number of aryl methyl sites for hydroxylation is 1. The average molecular weight is 291 g/mol. The van der Waals surface area contributed by atoms with Crippen molar-refractivity contribution >= 4 is 5.82 Å². The van der Waals surface area contributed by atoms with Crippen LogP contribution in [0.5, 0.6) is 0 Å². The third-order valence-corrected chi connectivity index (χ3v) is 3.93. The van der Waals surface area contributed by atoms with Gasteiger partial charge in [0.15, 0.2) is 0 Å². The van der Waals surface area contributed by atoms with Gasteiger partial charge >= 0.3 is 0 Å². The lowest BCUT2D eigenvalue weighted by molar-refractivity contribution is 0.551. The van der Waals surface area contributed by atoms with Crippen LogP contribution in [0.25, 0.3) is 0 Å². The average Bonchev–Trinajstić information content (AvgIpc) is 2.45. The van der Waals surface area contributed by atoms with E-state index in [4.69, 9.17) is 4.98 Å². The summed E-state index contributed by atoms with van der Waals surface area (Å²) in [7, 11) is 2.15. The van der Waals surface area contributed by atoms with E-state index < -0.39 is 0 Å². The highest BCUT2D eigenvalue weighted by Gasteiger charge is 2.11. The molecule has 1 unspecified atom stereocenters. The number of pyridine rings is 1. The van der Waals surface area contributed by atoms with Crippen molar-refractivity contribution in [3.63, 3.8) is 0 Å². The second-order valence-corrected chi connectivity index (χ2v) is 6.47. The van der Waals surface area contributed by atoms with Gasteiger partial charge in [0.1, 0.15) is 5.82 Å². The first-order valence-corrected chi connectivity index (χ1v) is 8.41. The van der Waals surface area contributed by atoms with E-state index in [2.05, 4.69) is 64.0 Å². The van der Waals surface area contributed by atoms with Crippen molar-refractivity contribution in [3.8, 4) is 0 Å². The number of nitrogens with one attached hydrogen (secondary N) is 1. The van der Waals surface area contributed by atoms with Crippen LogP contribution in [0.4, 0.5) is 5.82 Å². The predicted octanol–water partition coefficient (Wildman–Crippen LogP) is 4.01. The molecule has 1 rings (SSSR count). The van der Waals surface area contributed by atoms with Gasteiger partial charge in [-0.2, -0.15) is 0 Å². The summed E-state index contributed by atoms with van der Waals surface area (Å²) in [6.45, 7) is 13.2. The first-order chi connectivity index (χ1) is 9.97. The van der Waals surface area contributed by atoms with Crippen molar-refractivity contribution in [2.45, 2.75) is 66.5 Å². The summed E-state index contributed by atoms with van der Waals surface area (Å²) >= 11 is 0. The molecule has 0 saturated carbocycles. The molecular weight excluding hydrogens is 258 g/mol. The number of hydrogen-bond donors (Lipinski definition) is 1. The zero-order valence-corrected chi connectivity index (χ0v) is 14.7. The Hall–Kier alpha value is -1.09. The second kappa shape index (κ2) is 9.04. The monoisotopic (exact) mass is 291 g/mol. The van der Waals surface area contributed by atoms with E-state index in [1.807, 2.05) is 0 Å². The van der Waals surface area contributed by atoms with Gasteiger partial charge in [-0.05, 0) is 49.9 Å². The Kier molecular flexibility index (Phi) is 7.73. The Balaban J connectivity index is 2.89. The fourth-order valence-corrected chi connectivity index (χ4v) is 2.30. The van der Waals surface area contributed by atoms with Crippen LogP contribution in [0.3, 0.4) is 0 Å². The summed E-state index contributed by atoms with van der Waals surface area (Å²) in [4.78, 5) is 7.13. The lowest BCUT2D eigenvalue weighted by Gasteiger charge is -2.26. The van der Waals surface area contributed by atoms with E-state index in [9.17, 15) is 0 Å². The van der Waals surface area contributed by atoms with Crippen LogP contribution in [0.15, 0.2) is 12.1 Å². The zero-order valence-electron chi connectivity index (χ0n) is 14.7. The summed E-state index contributed by atoms with van der Waals surface area (Å²) < 4.78 is 0. The minimum absolute atomic E-state index is 0.519. The Morgan fingerprint density at radius 3 is 2.48 bits per heavy atom. The number of anilines is 1. The van der Waals surface area contributed by atoms with E-state index in [0.717, 1.165) is 38.2 Å². The highest BCUT2D eigenvalue weighted by atomic mass is 15.2. The lowest BCUT2D eigenvalue weighted by Crippen LogP contribution is -2.29. The molecule has 0 fully saturated rings. The normalized spacial score (nSPS) is 12.7. The summed E-state index contributed by atoms with van der Waals surface area (Å²) in [5.74, 6) is 1.79. The maximum absolute atomic E-state index is 4.83. The molecule has 0 aromatic carbocycles. The molecule has 1 aromatic heterocycles. The highest BCUT2D eigenvalue weighted by molar-refractivity contribution is 5.43. The Bertz CT molecular complexity index is 415. The molecule has 0 aliphatic rings. The summed E-state index contributed by atoms with van der Waals surface area (Å²) in [6, 6.07) is 5.01. The molecule has 3 nitrogen and oxygen atoms in total. The van der Waals surface area contributed by atoms with E-state index in [1.165, 1.54) is 11.3 Å². The minimum Gasteiger partial charge on any atom is -0.357 e. The van der Waals surface area contributed by atoms with E-state index in [1.54, 1.807) is 0 Å². The van der Waals surface area contributed by atoms with Gasteiger partial charge in [0.25, 0.3) is 0 Å². The maximum atomic E-state index is 4.83. The van der Waals surface area contributed by atoms with Crippen LogP contribution in [0.1, 0.15) is 58.7 Å². The van der Waals surface area contributed by atoms with E-state index in [0.29, 0.717) is 12.0 Å². The van der Waals surface area contributed by atoms with Gasteiger partial charge in [-0.3, -0.25) is 0 Å². The number of rotatable bonds is 9. The molecule has 0 radical (unpaired) electrons. The SMILES string of the molecule is CCCc1cc(CNCC(C)C)cc(N(C)C(C)CC)n1. The third kappa shape index (κ3) is 6.04. The van der Waals surface area contributed by atoms with Gasteiger partial charge in [0, 0.05) is 25.3 Å². The van der Waals surface area contributed by atoms with Crippen LogP contribution < -0.4 is 10.2 Å². The molecule has 21 heavy (non-hydrogen) atoms. The standard InChI is InChI=1S/C18H33N3/c1-7-9-17-10-16(13-19-12-14(3)4)11-18(20-17)21(6)15(5)8-2/h10-11,14-15,19H,7-9,12-13H2,1-6H3. The summed E-state index contributed by atoms with van der Waals surface area (Å²) in [5, 5.41) is 3.53. The number of nitrogens with zero attached hydrogens (tertiary/aromatic N) is 2. The minimum atomic E-state index is 0.519. The van der Waals surface area contributed by atoms with Crippen molar-refractivity contribution in [1.29, 1.82) is 0 Å². The molecular formula is C18H33N3. The third-order valence-electron chi connectivity index (χ3n) is 3.93. The quantitative estimate of drug-likeness (QED) is 0.745. The molecule has 0 saturated heterocycles. The van der Waals surface area contributed by atoms with Gasteiger partial charge in [-0.15, -0.1) is 0 Å². The Morgan fingerprint density at radius 1 is 1.19 bits per heavy atom. The van der Waals surface area contributed by atoms with Crippen LogP contribution in [0, 0.1) is 5.92 Å². The van der Waals surface area contributed by atoms with Gasteiger partial charge < -0.3 is 10.2 Å². The molecule has 1 aromatic rings. The van der Waals surface area contributed by atoms with Crippen molar-refractivity contribution in [2.75, 3.05) is 18.5 Å². The Morgan fingerprint density at radius 2 is 1.90 bits per heavy atom. The second-order valence-electron chi connectivity index (χ2n) is 6.47. The van der Waals surface area contributed by atoms with Crippen molar-refractivity contribution in [3.05, 3.63) is 23.4 Å². The van der Waals surface area contributed by atoms with Crippen molar-refractivity contribution in [1.82, 2.24) is 10.3 Å². The molecule has 3 heteroatoms. The number of hydrogen-bond acceptors (Lipinski definition) is 3. The van der Waals surface area contributed by atoms with Crippen LogP contribution in [0.2, 0.25) is 0 Å². The van der Waals surface area contributed by atoms with E-state index >= 15 is 0 Å². The van der Waals surface area contributed by atoms with Crippen molar-refractivity contribution < 1.29 is 0 Å². The lowest BCUT2D eigenvalue weighted by atomic mass is 10.1. The Labute approximate surface area is 131 Å². The maximum Gasteiger partial charge on any atom is 0.129 e. The van der Waals surface area contributed by atoms with Crippen molar-refractivity contribution in [2.24, 2.45) is 5.92 Å². The molecule has 0 amide bonds.